The van der Waals surface area contributed by atoms with Crippen molar-refractivity contribution in [1.29, 1.82) is 0 Å². The van der Waals surface area contributed by atoms with Crippen molar-refractivity contribution in [2.24, 2.45) is 0 Å². The van der Waals surface area contributed by atoms with Crippen LogP contribution in [0.2, 0.25) is 0 Å². The number of aromatic nitrogens is 3. The number of carbonyl (C=O) groups is 1. The van der Waals surface area contributed by atoms with Crippen LogP contribution in [0.1, 0.15) is 0 Å². The summed E-state index contributed by atoms with van der Waals surface area (Å²) in [5, 5.41) is 2.12. The van der Waals surface area contributed by atoms with Gasteiger partial charge in [-0.05, 0) is 36.4 Å². The highest BCUT2D eigenvalue weighted by atomic mass is 32.2. The van der Waals surface area contributed by atoms with Gasteiger partial charge in [-0.15, -0.1) is 0 Å². The van der Waals surface area contributed by atoms with Gasteiger partial charge in [0.05, 0.1) is 7.11 Å². The maximum atomic E-state index is 12.9. The molecule has 5 rings (SSSR count). The van der Waals surface area contributed by atoms with Gasteiger partial charge in [-0.2, -0.15) is 11.8 Å². The van der Waals surface area contributed by atoms with Gasteiger partial charge in [0.25, 0.3) is 0 Å². The second-order valence-corrected chi connectivity index (χ2v) is 8.40. The number of hydrogen-bond donors (Lipinski definition) is 1. The summed E-state index contributed by atoms with van der Waals surface area (Å²) in [5.74, 6) is 3.00. The molecule has 1 N–H and O–H groups in total. The van der Waals surface area contributed by atoms with Crippen molar-refractivity contribution >= 4 is 39.6 Å². The van der Waals surface area contributed by atoms with E-state index in [1.54, 1.807) is 13.3 Å². The van der Waals surface area contributed by atoms with E-state index in [1.165, 1.54) is 0 Å². The van der Waals surface area contributed by atoms with E-state index in [2.05, 4.69) is 22.2 Å². The largest absolute Gasteiger partial charge is 0.497 e. The lowest BCUT2D eigenvalue weighted by Crippen LogP contribution is -2.39. The molecule has 6 nitrogen and oxygen atoms in total. The van der Waals surface area contributed by atoms with Crippen LogP contribution in [-0.4, -0.2) is 57.0 Å². The van der Waals surface area contributed by atoms with E-state index in [4.69, 9.17) is 4.74 Å². The summed E-state index contributed by atoms with van der Waals surface area (Å²) in [6.07, 6.45) is 3.84. The lowest BCUT2D eigenvalue weighted by Gasteiger charge is -2.26. The average Bonchev–Trinajstić information content (AvgIpc) is 3.35. The van der Waals surface area contributed by atoms with Crippen LogP contribution < -0.4 is 4.74 Å². The van der Waals surface area contributed by atoms with Gasteiger partial charge >= 0.3 is 0 Å². The first-order valence-electron chi connectivity index (χ1n) is 9.69. The number of thioether (sulfide) groups is 1. The molecule has 29 heavy (non-hydrogen) atoms. The fourth-order valence-electron chi connectivity index (χ4n) is 3.91. The molecule has 1 fully saturated rings. The molecule has 4 aromatic rings. The van der Waals surface area contributed by atoms with E-state index in [1.807, 2.05) is 51.6 Å². The molecule has 0 unspecified atom stereocenters. The predicted molar refractivity (Wildman–Crippen MR) is 117 cm³/mol. The van der Waals surface area contributed by atoms with Gasteiger partial charge in [0.2, 0.25) is 5.91 Å². The molecule has 0 aliphatic carbocycles. The minimum absolute atomic E-state index is 0.169. The van der Waals surface area contributed by atoms with Gasteiger partial charge < -0.3 is 19.2 Å². The van der Waals surface area contributed by atoms with Gasteiger partial charge in [-0.25, -0.2) is 4.98 Å². The second-order valence-electron chi connectivity index (χ2n) is 7.17. The van der Waals surface area contributed by atoms with Crippen molar-refractivity contribution in [2.75, 3.05) is 31.7 Å². The summed E-state index contributed by atoms with van der Waals surface area (Å²) >= 11 is 1.91. The molecule has 1 saturated heterocycles. The zero-order valence-electron chi connectivity index (χ0n) is 16.2. The molecule has 0 bridgehead atoms. The molecule has 0 radical (unpaired) electrons. The summed E-state index contributed by atoms with van der Waals surface area (Å²) in [5.41, 5.74) is 3.90. The highest BCUT2D eigenvalue weighted by Crippen LogP contribution is 2.34. The van der Waals surface area contributed by atoms with E-state index < -0.39 is 0 Å². The van der Waals surface area contributed by atoms with E-state index in [-0.39, 0.29) is 5.91 Å². The highest BCUT2D eigenvalue weighted by molar-refractivity contribution is 7.99. The van der Waals surface area contributed by atoms with Gasteiger partial charge in [0.15, 0.2) is 0 Å². The minimum atomic E-state index is 0.169. The molecular formula is C22H22N4O2S. The number of fused-ring (bicyclic) bond motifs is 2. The number of nitrogens with one attached hydrogen (secondary N) is 1. The number of hydrogen-bond acceptors (Lipinski definition) is 4. The van der Waals surface area contributed by atoms with Gasteiger partial charge in [-0.1, -0.05) is 0 Å². The van der Waals surface area contributed by atoms with Crippen LogP contribution in [0.5, 0.6) is 5.75 Å². The Morgan fingerprint density at radius 3 is 2.90 bits per heavy atom. The average molecular weight is 407 g/mol. The van der Waals surface area contributed by atoms with Crippen LogP contribution in [0.4, 0.5) is 0 Å². The number of pyridine rings is 1. The van der Waals surface area contributed by atoms with Crippen molar-refractivity contribution in [3.05, 3.63) is 48.8 Å². The van der Waals surface area contributed by atoms with E-state index >= 15 is 0 Å². The van der Waals surface area contributed by atoms with Crippen LogP contribution in [-0.2, 0) is 11.3 Å². The molecule has 1 aliphatic heterocycles. The molecule has 0 atom stereocenters. The topological polar surface area (TPSA) is 63.1 Å². The fourth-order valence-corrected chi connectivity index (χ4v) is 4.81. The third-order valence-corrected chi connectivity index (χ3v) is 6.38. The zero-order valence-corrected chi connectivity index (χ0v) is 17.0. The summed E-state index contributed by atoms with van der Waals surface area (Å²) < 4.78 is 7.50. The number of aromatic amines is 1. The molecule has 1 aromatic carbocycles. The van der Waals surface area contributed by atoms with Crippen LogP contribution in [0, 0.1) is 0 Å². The Morgan fingerprint density at radius 1 is 1.24 bits per heavy atom. The number of rotatable bonds is 4. The Labute approximate surface area is 172 Å². The molecular weight excluding hydrogens is 384 g/mol. The zero-order chi connectivity index (χ0) is 19.8. The minimum Gasteiger partial charge on any atom is -0.497 e. The normalized spacial score (nSPS) is 14.6. The summed E-state index contributed by atoms with van der Waals surface area (Å²) in [6, 6.07) is 12.1. The van der Waals surface area contributed by atoms with Crippen LogP contribution in [0.15, 0.2) is 48.8 Å². The first kappa shape index (κ1) is 18.1. The summed E-state index contributed by atoms with van der Waals surface area (Å²) in [4.78, 5) is 22.7. The SMILES string of the molecule is COc1ccc2c(c1)c(-c1cc3cccnc3[nH]1)cn2CC(=O)N1CCSCC1. The Bertz CT molecular complexity index is 1160. The molecule has 1 aliphatic rings. The first-order valence-corrected chi connectivity index (χ1v) is 10.8. The maximum Gasteiger partial charge on any atom is 0.242 e. The number of nitrogens with zero attached hydrogens (tertiary/aromatic N) is 3. The quantitative estimate of drug-likeness (QED) is 0.560. The van der Waals surface area contributed by atoms with Gasteiger partial charge in [0, 0.05) is 64.5 Å². The number of ether oxygens (including phenoxy) is 1. The monoisotopic (exact) mass is 406 g/mol. The number of carbonyl (C=O) groups excluding carboxylic acids is 1. The molecule has 0 spiro atoms. The van der Waals surface area contributed by atoms with Crippen LogP contribution in [0.3, 0.4) is 0 Å². The lowest BCUT2D eigenvalue weighted by atomic mass is 10.1. The van der Waals surface area contributed by atoms with E-state index in [9.17, 15) is 4.79 Å². The van der Waals surface area contributed by atoms with E-state index in [0.29, 0.717) is 6.54 Å². The Morgan fingerprint density at radius 2 is 2.10 bits per heavy atom. The highest BCUT2D eigenvalue weighted by Gasteiger charge is 2.20. The second kappa shape index (κ2) is 7.48. The Kier molecular flexibility index (Phi) is 4.67. The molecule has 148 valence electrons. The fraction of sp³-hybridized carbons (Fsp3) is 0.273. The summed E-state index contributed by atoms with van der Waals surface area (Å²) in [6.45, 7) is 2.00. The molecule has 3 aromatic heterocycles. The van der Waals surface area contributed by atoms with Gasteiger partial charge in [0.1, 0.15) is 17.9 Å². The Balaban J connectivity index is 1.58. The number of H-pyrrole nitrogens is 1. The molecule has 7 heteroatoms. The predicted octanol–water partition coefficient (Wildman–Crippen LogP) is 3.77. The molecule has 1 amide bonds. The number of methoxy groups -OCH3 is 1. The standard InChI is InChI=1S/C22H22N4O2S/c1-28-16-4-5-20-17(12-16)18(19-11-15-3-2-6-23-22(15)24-19)13-26(20)14-21(27)25-7-9-29-10-8-25/h2-6,11-13H,7-10,14H2,1H3,(H,23,24). The molecule has 0 saturated carbocycles. The summed E-state index contributed by atoms with van der Waals surface area (Å²) in [7, 11) is 1.67. The third-order valence-electron chi connectivity index (χ3n) is 5.44. The van der Waals surface area contributed by atoms with Crippen LogP contribution in [0.25, 0.3) is 33.2 Å². The Hall–Kier alpha value is -2.93. The van der Waals surface area contributed by atoms with Crippen molar-refractivity contribution in [1.82, 2.24) is 19.4 Å². The van der Waals surface area contributed by atoms with Crippen molar-refractivity contribution < 1.29 is 9.53 Å². The van der Waals surface area contributed by atoms with Gasteiger partial charge in [-0.3, -0.25) is 4.79 Å². The third kappa shape index (κ3) is 3.35. The van der Waals surface area contributed by atoms with E-state index in [0.717, 1.165) is 63.5 Å². The lowest BCUT2D eigenvalue weighted by molar-refractivity contribution is -0.131. The number of benzene rings is 1. The molecule has 4 heterocycles. The van der Waals surface area contributed by atoms with Crippen molar-refractivity contribution in [2.45, 2.75) is 6.54 Å². The smallest absolute Gasteiger partial charge is 0.242 e. The van der Waals surface area contributed by atoms with Crippen LogP contribution >= 0.6 is 11.8 Å². The maximum absolute atomic E-state index is 12.9. The van der Waals surface area contributed by atoms with Crippen molar-refractivity contribution in [3.8, 4) is 17.0 Å². The first-order chi connectivity index (χ1) is 14.2. The number of amides is 1. The van der Waals surface area contributed by atoms with Crippen molar-refractivity contribution in [3.63, 3.8) is 0 Å².